The molecule has 140 valence electrons. The third kappa shape index (κ3) is 4.69. The molecule has 26 heavy (non-hydrogen) atoms. The Morgan fingerprint density at radius 3 is 2.15 bits per heavy atom. The highest BCUT2D eigenvalue weighted by Crippen LogP contribution is 2.33. The van der Waals surface area contributed by atoms with Crippen molar-refractivity contribution < 1.29 is 0 Å². The van der Waals surface area contributed by atoms with Gasteiger partial charge in [0.05, 0.1) is 0 Å². The molecule has 0 fully saturated rings. The predicted octanol–water partition coefficient (Wildman–Crippen LogP) is 8.35. The Morgan fingerprint density at radius 1 is 0.731 bits per heavy atom. The van der Waals surface area contributed by atoms with E-state index in [0.29, 0.717) is 5.92 Å². The maximum atomic E-state index is 3.66. The number of hydrogen-bond acceptors (Lipinski definition) is 0. The summed E-state index contributed by atoms with van der Waals surface area (Å²) in [6.07, 6.45) is 13.9. The zero-order valence-electron chi connectivity index (χ0n) is 16.7. The first kappa shape index (κ1) is 19.0. The molecule has 1 heterocycles. The van der Waals surface area contributed by atoms with Crippen LogP contribution in [0.4, 0.5) is 0 Å². The molecule has 1 atom stereocenters. The molecule has 1 nitrogen and oxygen atoms in total. The average molecular weight is 350 g/mol. The van der Waals surface area contributed by atoms with E-state index < -0.39 is 0 Å². The van der Waals surface area contributed by atoms with Crippen LogP contribution in [0.2, 0.25) is 0 Å². The molecule has 0 saturated carbocycles. The van der Waals surface area contributed by atoms with Gasteiger partial charge in [-0.2, -0.15) is 0 Å². The topological polar surface area (TPSA) is 15.8 Å². The largest absolute Gasteiger partial charge is 0.354 e. The summed E-state index contributed by atoms with van der Waals surface area (Å²) < 4.78 is 0. The van der Waals surface area contributed by atoms with Crippen LogP contribution < -0.4 is 0 Å². The lowest BCUT2D eigenvalue weighted by molar-refractivity contribution is 0.539. The number of hydrogen-bond donors (Lipinski definition) is 1. The Labute approximate surface area is 159 Å². The first-order valence-electron chi connectivity index (χ1n) is 10.8. The molecule has 2 aromatic carbocycles. The molecule has 0 bridgehead atoms. The lowest BCUT2D eigenvalue weighted by Gasteiger charge is -2.13. The second-order valence-electron chi connectivity index (χ2n) is 7.96. The molecule has 1 N–H and O–H groups in total. The molecule has 1 unspecified atom stereocenters. The van der Waals surface area contributed by atoms with Gasteiger partial charge in [0.1, 0.15) is 0 Å². The van der Waals surface area contributed by atoms with E-state index in [1.54, 1.807) is 0 Å². The van der Waals surface area contributed by atoms with Gasteiger partial charge >= 0.3 is 0 Å². The number of nitrogens with one attached hydrogen (secondary N) is 1. The minimum Gasteiger partial charge on any atom is -0.354 e. The highest BCUT2D eigenvalue weighted by atomic mass is 14.7. The van der Waals surface area contributed by atoms with Gasteiger partial charge in [-0.1, -0.05) is 108 Å². The fourth-order valence-corrected chi connectivity index (χ4v) is 4.22. The summed E-state index contributed by atoms with van der Waals surface area (Å²) in [5.74, 6) is 0.622. The number of fused-ring (bicyclic) bond motifs is 3. The third-order valence-electron chi connectivity index (χ3n) is 5.85. The Kier molecular flexibility index (Phi) is 7.17. The number of aromatic nitrogens is 1. The molecule has 1 heteroatoms. The summed E-state index contributed by atoms with van der Waals surface area (Å²) in [4.78, 5) is 3.66. The van der Waals surface area contributed by atoms with Gasteiger partial charge in [-0.05, 0) is 24.0 Å². The van der Waals surface area contributed by atoms with Crippen LogP contribution in [-0.2, 0) is 0 Å². The third-order valence-corrected chi connectivity index (χ3v) is 5.85. The van der Waals surface area contributed by atoms with Crippen LogP contribution in [0.15, 0.2) is 42.5 Å². The number of H-pyrrole nitrogens is 1. The fourth-order valence-electron chi connectivity index (χ4n) is 4.22. The van der Waals surface area contributed by atoms with Gasteiger partial charge in [0.25, 0.3) is 0 Å². The number of aromatic amines is 1. The van der Waals surface area contributed by atoms with Crippen LogP contribution in [0.3, 0.4) is 0 Å². The molecule has 1 aromatic heterocycles. The van der Waals surface area contributed by atoms with E-state index >= 15 is 0 Å². The summed E-state index contributed by atoms with van der Waals surface area (Å²) in [5.41, 5.74) is 4.08. The van der Waals surface area contributed by atoms with Crippen LogP contribution in [0.5, 0.6) is 0 Å². The molecule has 0 aliphatic carbocycles. The molecular formula is C25H35N. The van der Waals surface area contributed by atoms with Crippen molar-refractivity contribution in [1.82, 2.24) is 4.98 Å². The van der Waals surface area contributed by atoms with Crippen LogP contribution >= 0.6 is 0 Å². The zero-order chi connectivity index (χ0) is 18.2. The summed E-state index contributed by atoms with van der Waals surface area (Å²) in [6.45, 7) is 4.68. The van der Waals surface area contributed by atoms with Crippen molar-refractivity contribution in [2.45, 2.75) is 84.0 Å². The van der Waals surface area contributed by atoms with Gasteiger partial charge in [0.15, 0.2) is 0 Å². The Morgan fingerprint density at radius 2 is 1.38 bits per heavy atom. The monoisotopic (exact) mass is 349 g/mol. The van der Waals surface area contributed by atoms with Crippen molar-refractivity contribution in [3.05, 3.63) is 48.0 Å². The molecule has 3 aromatic rings. The van der Waals surface area contributed by atoms with Gasteiger partial charge in [-0.15, -0.1) is 0 Å². The predicted molar refractivity (Wildman–Crippen MR) is 116 cm³/mol. The zero-order valence-corrected chi connectivity index (χ0v) is 16.7. The Bertz CT molecular complexity index is 798. The van der Waals surface area contributed by atoms with Gasteiger partial charge in [0.2, 0.25) is 0 Å². The van der Waals surface area contributed by atoms with Crippen LogP contribution in [0.1, 0.15) is 89.5 Å². The number of para-hydroxylation sites is 2. The molecule has 0 radical (unpaired) electrons. The van der Waals surface area contributed by atoms with Gasteiger partial charge in [0, 0.05) is 21.8 Å². The smallest absolute Gasteiger partial charge is 0.0500 e. The van der Waals surface area contributed by atoms with E-state index in [4.69, 9.17) is 0 Å². The molecule has 0 spiro atoms. The SMILES string of the molecule is CCCCCCCCCCCC(C)c1cccc2c1[nH]c1ccccc12. The van der Waals surface area contributed by atoms with Crippen LogP contribution in [0.25, 0.3) is 21.8 Å². The maximum absolute atomic E-state index is 3.66. The summed E-state index contributed by atoms with van der Waals surface area (Å²) in [5, 5.41) is 2.72. The standard InChI is InChI=1S/C25H35N/c1-3-4-5-6-7-8-9-10-11-15-20(2)21-17-14-18-23-22-16-12-13-19-24(22)26-25(21)23/h12-14,16-20,26H,3-11,15H2,1-2H3. The maximum Gasteiger partial charge on any atom is 0.0500 e. The van der Waals surface area contributed by atoms with E-state index in [-0.39, 0.29) is 0 Å². The second kappa shape index (κ2) is 9.80. The second-order valence-corrected chi connectivity index (χ2v) is 7.96. The van der Waals surface area contributed by atoms with E-state index in [0.717, 1.165) is 0 Å². The lowest BCUT2D eigenvalue weighted by Crippen LogP contribution is -1.95. The van der Waals surface area contributed by atoms with Crippen molar-refractivity contribution in [3.8, 4) is 0 Å². The first-order chi connectivity index (χ1) is 12.8. The summed E-state index contributed by atoms with van der Waals surface area (Å²) in [7, 11) is 0. The minimum absolute atomic E-state index is 0.622. The van der Waals surface area contributed by atoms with E-state index in [1.165, 1.54) is 91.6 Å². The highest BCUT2D eigenvalue weighted by Gasteiger charge is 2.12. The van der Waals surface area contributed by atoms with Crippen LogP contribution in [0, 0.1) is 0 Å². The molecule has 0 aliphatic heterocycles. The molecule has 3 rings (SSSR count). The number of rotatable bonds is 11. The van der Waals surface area contributed by atoms with Crippen LogP contribution in [-0.4, -0.2) is 4.98 Å². The number of unbranched alkanes of at least 4 members (excludes halogenated alkanes) is 8. The van der Waals surface area contributed by atoms with Crippen molar-refractivity contribution in [2.75, 3.05) is 0 Å². The molecule has 0 amide bonds. The first-order valence-corrected chi connectivity index (χ1v) is 10.8. The van der Waals surface area contributed by atoms with E-state index in [9.17, 15) is 0 Å². The quantitative estimate of drug-likeness (QED) is 0.335. The van der Waals surface area contributed by atoms with Gasteiger partial charge < -0.3 is 4.98 Å². The highest BCUT2D eigenvalue weighted by molar-refractivity contribution is 6.08. The summed E-state index contributed by atoms with van der Waals surface area (Å²) in [6, 6.07) is 15.5. The van der Waals surface area contributed by atoms with Crippen molar-refractivity contribution in [2.24, 2.45) is 0 Å². The van der Waals surface area contributed by atoms with E-state index in [2.05, 4.69) is 61.3 Å². The Hall–Kier alpha value is -1.76. The fraction of sp³-hybridized carbons (Fsp3) is 0.520. The van der Waals surface area contributed by atoms with Crippen molar-refractivity contribution in [1.29, 1.82) is 0 Å². The summed E-state index contributed by atoms with van der Waals surface area (Å²) >= 11 is 0. The van der Waals surface area contributed by atoms with Crippen molar-refractivity contribution >= 4 is 21.8 Å². The molecule has 0 saturated heterocycles. The van der Waals surface area contributed by atoms with Gasteiger partial charge in [-0.25, -0.2) is 0 Å². The van der Waals surface area contributed by atoms with Gasteiger partial charge in [-0.3, -0.25) is 0 Å². The Balaban J connectivity index is 1.50. The minimum atomic E-state index is 0.622. The lowest BCUT2D eigenvalue weighted by atomic mass is 9.93. The molecule has 0 aliphatic rings. The molecular weight excluding hydrogens is 314 g/mol. The van der Waals surface area contributed by atoms with E-state index in [1.807, 2.05) is 0 Å². The normalized spacial score (nSPS) is 12.8. The number of benzene rings is 2. The average Bonchev–Trinajstić information content (AvgIpc) is 3.05. The van der Waals surface area contributed by atoms with Crippen molar-refractivity contribution in [3.63, 3.8) is 0 Å².